The predicted molar refractivity (Wildman–Crippen MR) is 70.7 cm³/mol. The van der Waals surface area contributed by atoms with Crippen molar-refractivity contribution in [2.45, 2.75) is 37.9 Å². The van der Waals surface area contributed by atoms with E-state index < -0.39 is 6.04 Å². The Bertz CT molecular complexity index is 384. The van der Waals surface area contributed by atoms with Crippen LogP contribution in [0.1, 0.15) is 24.1 Å². The van der Waals surface area contributed by atoms with Crippen molar-refractivity contribution < 1.29 is 4.79 Å². The molecule has 0 aromatic carbocycles. The molecule has 1 atom stereocenters. The van der Waals surface area contributed by atoms with Gasteiger partial charge in [-0.1, -0.05) is 12.1 Å². The van der Waals surface area contributed by atoms with E-state index in [0.717, 1.165) is 12.8 Å². The van der Waals surface area contributed by atoms with Crippen molar-refractivity contribution in [1.82, 2.24) is 4.90 Å². The van der Waals surface area contributed by atoms with Gasteiger partial charge in [0, 0.05) is 10.9 Å². The molecular formula is C13H18N2OS. The quantitative estimate of drug-likeness (QED) is 0.786. The molecule has 1 aromatic heterocycles. The molecule has 0 saturated heterocycles. The molecule has 2 rings (SSSR count). The summed E-state index contributed by atoms with van der Waals surface area (Å²) in [5.41, 5.74) is 5.86. The number of nitrogens with zero attached hydrogens (tertiary/aromatic N) is 1. The Balaban J connectivity index is 2.01. The number of thiophene rings is 1. The van der Waals surface area contributed by atoms with E-state index in [9.17, 15) is 4.79 Å². The molecule has 0 radical (unpaired) electrons. The Kier molecular flexibility index (Phi) is 3.97. The lowest BCUT2D eigenvalue weighted by Gasteiger charge is -2.24. The van der Waals surface area contributed by atoms with Gasteiger partial charge < -0.3 is 10.6 Å². The van der Waals surface area contributed by atoms with Crippen molar-refractivity contribution in [3.8, 4) is 0 Å². The maximum atomic E-state index is 12.2. The van der Waals surface area contributed by atoms with Crippen molar-refractivity contribution in [2.24, 2.45) is 5.73 Å². The van der Waals surface area contributed by atoms with Crippen LogP contribution in [0.5, 0.6) is 0 Å². The molecule has 1 aromatic rings. The molecular weight excluding hydrogens is 232 g/mol. The van der Waals surface area contributed by atoms with Crippen LogP contribution in [0.2, 0.25) is 0 Å². The summed E-state index contributed by atoms with van der Waals surface area (Å²) in [6.45, 7) is 4.33. The fourth-order valence-corrected chi connectivity index (χ4v) is 2.54. The van der Waals surface area contributed by atoms with Gasteiger partial charge >= 0.3 is 0 Å². The van der Waals surface area contributed by atoms with Gasteiger partial charge in [-0.3, -0.25) is 4.79 Å². The summed E-state index contributed by atoms with van der Waals surface area (Å²) in [7, 11) is 0. The van der Waals surface area contributed by atoms with Gasteiger partial charge in [0.1, 0.15) is 0 Å². The standard InChI is InChI=1S/C13H18N2OS/c1-2-4-12(14)13(16)15(10-6-7-10)9-11-5-3-8-17-11/h2-3,5,8,10,12H,1,4,6-7,9,14H2. The fourth-order valence-electron chi connectivity index (χ4n) is 1.84. The van der Waals surface area contributed by atoms with Crippen LogP contribution in [-0.2, 0) is 11.3 Å². The van der Waals surface area contributed by atoms with E-state index in [-0.39, 0.29) is 5.91 Å². The van der Waals surface area contributed by atoms with E-state index in [1.54, 1.807) is 17.4 Å². The molecule has 1 heterocycles. The van der Waals surface area contributed by atoms with Crippen molar-refractivity contribution in [1.29, 1.82) is 0 Å². The van der Waals surface area contributed by atoms with E-state index in [0.29, 0.717) is 19.0 Å². The molecule has 1 aliphatic rings. The van der Waals surface area contributed by atoms with Crippen LogP contribution in [0.4, 0.5) is 0 Å². The fraction of sp³-hybridized carbons (Fsp3) is 0.462. The first-order valence-electron chi connectivity index (χ1n) is 5.91. The lowest BCUT2D eigenvalue weighted by atomic mass is 10.2. The lowest BCUT2D eigenvalue weighted by molar-refractivity contribution is -0.133. The largest absolute Gasteiger partial charge is 0.333 e. The van der Waals surface area contributed by atoms with Gasteiger partial charge in [0.25, 0.3) is 0 Å². The summed E-state index contributed by atoms with van der Waals surface area (Å²) >= 11 is 1.68. The number of carbonyl (C=O) groups excluding carboxylic acids is 1. The van der Waals surface area contributed by atoms with Gasteiger partial charge in [0.2, 0.25) is 5.91 Å². The Hall–Kier alpha value is -1.13. The third kappa shape index (κ3) is 3.17. The number of rotatable bonds is 6. The molecule has 0 bridgehead atoms. The van der Waals surface area contributed by atoms with E-state index in [4.69, 9.17) is 5.73 Å². The van der Waals surface area contributed by atoms with Crippen molar-refractivity contribution in [3.63, 3.8) is 0 Å². The highest BCUT2D eigenvalue weighted by molar-refractivity contribution is 7.09. The average molecular weight is 250 g/mol. The number of carbonyl (C=O) groups is 1. The normalized spacial score (nSPS) is 16.5. The van der Waals surface area contributed by atoms with E-state index >= 15 is 0 Å². The van der Waals surface area contributed by atoms with Gasteiger partial charge in [-0.25, -0.2) is 0 Å². The summed E-state index contributed by atoms with van der Waals surface area (Å²) in [4.78, 5) is 15.3. The first kappa shape index (κ1) is 12.3. The second-order valence-electron chi connectivity index (χ2n) is 4.41. The molecule has 0 spiro atoms. The number of hydrogen-bond acceptors (Lipinski definition) is 3. The Morgan fingerprint density at radius 1 is 1.71 bits per heavy atom. The molecule has 4 heteroatoms. The molecule has 1 amide bonds. The number of amides is 1. The molecule has 2 N–H and O–H groups in total. The third-order valence-corrected chi connectivity index (χ3v) is 3.78. The van der Waals surface area contributed by atoms with Crippen LogP contribution in [0.3, 0.4) is 0 Å². The third-order valence-electron chi connectivity index (χ3n) is 2.91. The van der Waals surface area contributed by atoms with Gasteiger partial charge in [0.15, 0.2) is 0 Å². The Morgan fingerprint density at radius 2 is 2.47 bits per heavy atom. The molecule has 92 valence electrons. The summed E-state index contributed by atoms with van der Waals surface area (Å²) in [6.07, 6.45) is 4.47. The molecule has 1 saturated carbocycles. The number of hydrogen-bond donors (Lipinski definition) is 1. The van der Waals surface area contributed by atoms with E-state index in [1.807, 2.05) is 16.3 Å². The smallest absolute Gasteiger partial charge is 0.240 e. The van der Waals surface area contributed by atoms with Crippen LogP contribution < -0.4 is 5.73 Å². The molecule has 3 nitrogen and oxygen atoms in total. The van der Waals surface area contributed by atoms with Crippen LogP contribution in [-0.4, -0.2) is 22.9 Å². The number of nitrogens with two attached hydrogens (primary N) is 1. The lowest BCUT2D eigenvalue weighted by Crippen LogP contribution is -2.44. The van der Waals surface area contributed by atoms with Crippen molar-refractivity contribution >= 4 is 17.2 Å². The van der Waals surface area contributed by atoms with Crippen LogP contribution in [0, 0.1) is 0 Å². The summed E-state index contributed by atoms with van der Waals surface area (Å²) in [5, 5.41) is 2.04. The molecule has 1 aliphatic carbocycles. The van der Waals surface area contributed by atoms with Crippen LogP contribution >= 0.6 is 11.3 Å². The first-order chi connectivity index (χ1) is 8.22. The highest BCUT2D eigenvalue weighted by Crippen LogP contribution is 2.29. The van der Waals surface area contributed by atoms with Gasteiger partial charge in [-0.15, -0.1) is 17.9 Å². The maximum absolute atomic E-state index is 12.2. The topological polar surface area (TPSA) is 46.3 Å². The van der Waals surface area contributed by atoms with Crippen molar-refractivity contribution in [3.05, 3.63) is 35.0 Å². The van der Waals surface area contributed by atoms with Gasteiger partial charge in [0.05, 0.1) is 12.6 Å². The molecule has 1 unspecified atom stereocenters. The van der Waals surface area contributed by atoms with Crippen LogP contribution in [0.15, 0.2) is 30.2 Å². The minimum atomic E-state index is -0.437. The summed E-state index contributed by atoms with van der Waals surface area (Å²) < 4.78 is 0. The average Bonchev–Trinajstić information content (AvgIpc) is 3.03. The van der Waals surface area contributed by atoms with E-state index in [1.165, 1.54) is 4.88 Å². The highest BCUT2D eigenvalue weighted by Gasteiger charge is 2.34. The summed E-state index contributed by atoms with van der Waals surface area (Å²) in [6, 6.07) is 4.04. The Labute approximate surface area is 106 Å². The zero-order chi connectivity index (χ0) is 12.3. The SMILES string of the molecule is C=CCC(N)C(=O)N(Cc1cccs1)C1CC1. The van der Waals surface area contributed by atoms with Gasteiger partial charge in [-0.05, 0) is 30.7 Å². The Morgan fingerprint density at radius 3 is 3.00 bits per heavy atom. The zero-order valence-corrected chi connectivity index (χ0v) is 10.7. The second kappa shape index (κ2) is 5.47. The highest BCUT2D eigenvalue weighted by atomic mass is 32.1. The summed E-state index contributed by atoms with van der Waals surface area (Å²) in [5.74, 6) is 0.0563. The second-order valence-corrected chi connectivity index (χ2v) is 5.44. The first-order valence-corrected chi connectivity index (χ1v) is 6.79. The zero-order valence-electron chi connectivity index (χ0n) is 9.84. The molecule has 1 fully saturated rings. The molecule has 0 aliphatic heterocycles. The van der Waals surface area contributed by atoms with Crippen molar-refractivity contribution in [2.75, 3.05) is 0 Å². The van der Waals surface area contributed by atoms with Crippen LogP contribution in [0.25, 0.3) is 0 Å². The predicted octanol–water partition coefficient (Wildman–Crippen LogP) is 2.14. The minimum Gasteiger partial charge on any atom is -0.333 e. The monoisotopic (exact) mass is 250 g/mol. The molecule has 17 heavy (non-hydrogen) atoms. The minimum absolute atomic E-state index is 0.0563. The van der Waals surface area contributed by atoms with E-state index in [2.05, 4.69) is 12.6 Å². The van der Waals surface area contributed by atoms with Gasteiger partial charge in [-0.2, -0.15) is 0 Å². The maximum Gasteiger partial charge on any atom is 0.240 e.